The highest BCUT2D eigenvalue weighted by atomic mass is 16.5. The molecule has 0 radical (unpaired) electrons. The van der Waals surface area contributed by atoms with Crippen molar-refractivity contribution in [2.45, 2.75) is 65.0 Å². The Bertz CT molecular complexity index is 392. The van der Waals surface area contributed by atoms with E-state index in [1.807, 2.05) is 14.0 Å². The molecule has 3 heteroatoms. The third kappa shape index (κ3) is 2.09. The fraction of sp³-hybridized carbons (Fsp3) is 0.941. The average molecular weight is 279 g/mol. The number of fused-ring (bicyclic) bond motifs is 2. The summed E-state index contributed by atoms with van der Waals surface area (Å²) in [6.07, 6.45) is 6.41. The van der Waals surface area contributed by atoms with Crippen LogP contribution in [-0.4, -0.2) is 36.6 Å². The van der Waals surface area contributed by atoms with Crippen molar-refractivity contribution < 1.29 is 9.53 Å². The van der Waals surface area contributed by atoms with Gasteiger partial charge in [-0.2, -0.15) is 0 Å². The first-order valence-electron chi connectivity index (χ1n) is 8.33. The zero-order chi connectivity index (χ0) is 14.5. The minimum atomic E-state index is 0.0953. The standard InChI is InChI=1S/C17H29NO2/c1-5-20-15-10-14(17(15,2)3)18(4)16(19)13-9-11-6-7-12(13)8-11/h11-15H,5-10H2,1-4H3/t11-,12-,13+,14+,15+/m0/s1. The van der Waals surface area contributed by atoms with Gasteiger partial charge in [-0.15, -0.1) is 0 Å². The van der Waals surface area contributed by atoms with Gasteiger partial charge >= 0.3 is 0 Å². The molecule has 3 saturated carbocycles. The van der Waals surface area contributed by atoms with Crippen molar-refractivity contribution in [2.75, 3.05) is 13.7 Å². The van der Waals surface area contributed by atoms with Crippen molar-refractivity contribution >= 4 is 5.91 Å². The van der Waals surface area contributed by atoms with Crippen LogP contribution in [0.4, 0.5) is 0 Å². The van der Waals surface area contributed by atoms with Gasteiger partial charge in [0.1, 0.15) is 0 Å². The van der Waals surface area contributed by atoms with Crippen LogP contribution in [0.15, 0.2) is 0 Å². The summed E-state index contributed by atoms with van der Waals surface area (Å²) in [5, 5.41) is 0. The van der Waals surface area contributed by atoms with Gasteiger partial charge in [0.25, 0.3) is 0 Å². The molecule has 3 aliphatic rings. The first kappa shape index (κ1) is 14.4. The van der Waals surface area contributed by atoms with Gasteiger partial charge in [-0.3, -0.25) is 4.79 Å². The number of ether oxygens (including phenoxy) is 1. The highest BCUT2D eigenvalue weighted by Gasteiger charge is 2.53. The van der Waals surface area contributed by atoms with E-state index in [-0.39, 0.29) is 5.41 Å². The van der Waals surface area contributed by atoms with Crippen LogP contribution >= 0.6 is 0 Å². The maximum atomic E-state index is 12.8. The SMILES string of the molecule is CCO[C@@H]1C[C@@H](N(C)C(=O)[C@@H]2C[C@H]3CC[C@H]2C3)C1(C)C. The Morgan fingerprint density at radius 3 is 2.50 bits per heavy atom. The molecular formula is C17H29NO2. The second-order valence-corrected chi connectivity index (χ2v) is 7.75. The Hall–Kier alpha value is -0.570. The third-order valence-electron chi connectivity index (χ3n) is 6.36. The molecular weight excluding hydrogens is 250 g/mol. The molecule has 3 rings (SSSR count). The van der Waals surface area contributed by atoms with E-state index in [9.17, 15) is 4.79 Å². The molecule has 2 bridgehead atoms. The quantitative estimate of drug-likeness (QED) is 0.791. The molecule has 0 aliphatic heterocycles. The number of hydrogen-bond donors (Lipinski definition) is 0. The summed E-state index contributed by atoms with van der Waals surface area (Å²) >= 11 is 0. The summed E-state index contributed by atoms with van der Waals surface area (Å²) in [6.45, 7) is 7.30. The highest BCUT2D eigenvalue weighted by Crippen LogP contribution is 2.51. The van der Waals surface area contributed by atoms with Gasteiger partial charge in [0, 0.05) is 31.0 Å². The average Bonchev–Trinajstić information content (AvgIpc) is 3.04. The summed E-state index contributed by atoms with van der Waals surface area (Å²) in [7, 11) is 2.02. The number of carbonyl (C=O) groups is 1. The topological polar surface area (TPSA) is 29.5 Å². The van der Waals surface area contributed by atoms with Gasteiger partial charge in [-0.1, -0.05) is 20.3 Å². The van der Waals surface area contributed by atoms with E-state index < -0.39 is 0 Å². The summed E-state index contributed by atoms with van der Waals surface area (Å²) < 4.78 is 5.79. The number of nitrogens with zero attached hydrogens (tertiary/aromatic N) is 1. The molecule has 3 aliphatic carbocycles. The molecule has 0 aromatic carbocycles. The van der Waals surface area contributed by atoms with Crippen molar-refractivity contribution in [3.05, 3.63) is 0 Å². The van der Waals surface area contributed by atoms with E-state index in [1.165, 1.54) is 19.3 Å². The maximum Gasteiger partial charge on any atom is 0.225 e. The summed E-state index contributed by atoms with van der Waals surface area (Å²) in [5.41, 5.74) is 0.0953. The van der Waals surface area contributed by atoms with Crippen LogP contribution in [0.5, 0.6) is 0 Å². The monoisotopic (exact) mass is 279 g/mol. The Balaban J connectivity index is 1.62. The normalized spacial score (nSPS) is 41.5. The smallest absolute Gasteiger partial charge is 0.225 e. The predicted octanol–water partition coefficient (Wildman–Crippen LogP) is 3.08. The number of amides is 1. The number of rotatable bonds is 4. The third-order valence-corrected chi connectivity index (χ3v) is 6.36. The fourth-order valence-corrected chi connectivity index (χ4v) is 4.97. The highest BCUT2D eigenvalue weighted by molar-refractivity contribution is 5.80. The second-order valence-electron chi connectivity index (χ2n) is 7.75. The van der Waals surface area contributed by atoms with Gasteiger partial charge in [-0.25, -0.2) is 0 Å². The largest absolute Gasteiger partial charge is 0.378 e. The van der Waals surface area contributed by atoms with Crippen molar-refractivity contribution in [1.29, 1.82) is 0 Å². The van der Waals surface area contributed by atoms with E-state index in [0.29, 0.717) is 29.9 Å². The van der Waals surface area contributed by atoms with Gasteiger partial charge < -0.3 is 9.64 Å². The second kappa shape index (κ2) is 5.01. The first-order chi connectivity index (χ1) is 9.45. The molecule has 1 amide bonds. The Labute approximate surface area is 123 Å². The fourth-order valence-electron chi connectivity index (χ4n) is 4.97. The van der Waals surface area contributed by atoms with Crippen LogP contribution < -0.4 is 0 Å². The van der Waals surface area contributed by atoms with Crippen molar-refractivity contribution in [1.82, 2.24) is 4.90 Å². The van der Waals surface area contributed by atoms with E-state index in [0.717, 1.165) is 25.4 Å². The molecule has 0 unspecified atom stereocenters. The van der Waals surface area contributed by atoms with Crippen LogP contribution in [0.1, 0.15) is 52.9 Å². The molecule has 3 nitrogen and oxygen atoms in total. The molecule has 0 N–H and O–H groups in total. The minimum Gasteiger partial charge on any atom is -0.378 e. The molecule has 0 saturated heterocycles. The lowest BCUT2D eigenvalue weighted by molar-refractivity contribution is -0.167. The van der Waals surface area contributed by atoms with Gasteiger partial charge in [0.05, 0.1) is 6.10 Å². The predicted molar refractivity (Wildman–Crippen MR) is 79.3 cm³/mol. The van der Waals surface area contributed by atoms with Crippen LogP contribution in [0.3, 0.4) is 0 Å². The van der Waals surface area contributed by atoms with Crippen molar-refractivity contribution in [3.8, 4) is 0 Å². The lowest BCUT2D eigenvalue weighted by Gasteiger charge is -2.55. The van der Waals surface area contributed by atoms with Crippen LogP contribution in [0.25, 0.3) is 0 Å². The lowest BCUT2D eigenvalue weighted by Crippen LogP contribution is -2.63. The summed E-state index contributed by atoms with van der Waals surface area (Å²) in [6, 6.07) is 0.352. The van der Waals surface area contributed by atoms with Gasteiger partial charge in [0.15, 0.2) is 0 Å². The zero-order valence-corrected chi connectivity index (χ0v) is 13.4. The maximum absolute atomic E-state index is 12.8. The molecule has 0 spiro atoms. The van der Waals surface area contributed by atoms with Gasteiger partial charge in [-0.05, 0) is 44.4 Å². The molecule has 20 heavy (non-hydrogen) atoms. The van der Waals surface area contributed by atoms with Gasteiger partial charge in [0.2, 0.25) is 5.91 Å². The molecule has 0 aromatic heterocycles. The van der Waals surface area contributed by atoms with Crippen LogP contribution in [0, 0.1) is 23.2 Å². The van der Waals surface area contributed by atoms with E-state index in [1.54, 1.807) is 0 Å². The van der Waals surface area contributed by atoms with E-state index in [4.69, 9.17) is 4.74 Å². The summed E-state index contributed by atoms with van der Waals surface area (Å²) in [5.74, 6) is 2.25. The molecule has 114 valence electrons. The Kier molecular flexibility index (Phi) is 3.60. The van der Waals surface area contributed by atoms with E-state index >= 15 is 0 Å². The first-order valence-corrected chi connectivity index (χ1v) is 8.33. The van der Waals surface area contributed by atoms with Crippen LogP contribution in [-0.2, 0) is 9.53 Å². The zero-order valence-electron chi connectivity index (χ0n) is 13.4. The molecule has 3 fully saturated rings. The minimum absolute atomic E-state index is 0.0953. The van der Waals surface area contributed by atoms with Crippen LogP contribution in [0.2, 0.25) is 0 Å². The Morgan fingerprint density at radius 1 is 1.25 bits per heavy atom. The molecule has 0 aromatic rings. The molecule has 5 atom stereocenters. The lowest BCUT2D eigenvalue weighted by atomic mass is 9.63. The molecule has 0 heterocycles. The number of carbonyl (C=O) groups excluding carboxylic acids is 1. The van der Waals surface area contributed by atoms with Crippen molar-refractivity contribution in [3.63, 3.8) is 0 Å². The Morgan fingerprint density at radius 2 is 2.00 bits per heavy atom. The van der Waals surface area contributed by atoms with Crippen molar-refractivity contribution in [2.24, 2.45) is 23.2 Å². The summed E-state index contributed by atoms with van der Waals surface area (Å²) in [4.78, 5) is 14.9. The number of hydrogen-bond acceptors (Lipinski definition) is 2. The van der Waals surface area contributed by atoms with E-state index in [2.05, 4.69) is 18.7 Å².